The molecule has 3 saturated carbocycles. The monoisotopic (exact) mass is 675 g/mol. The van der Waals surface area contributed by atoms with Crippen LogP contribution in [0.15, 0.2) is 29.8 Å². The van der Waals surface area contributed by atoms with Crippen LogP contribution in [-0.4, -0.2) is 63.2 Å². The molecule has 1 aliphatic heterocycles. The highest BCUT2D eigenvalue weighted by molar-refractivity contribution is 6.00. The van der Waals surface area contributed by atoms with Crippen molar-refractivity contribution in [2.75, 3.05) is 13.1 Å². The van der Waals surface area contributed by atoms with E-state index in [0.717, 1.165) is 61.6 Å². The Labute approximate surface area is 294 Å². The maximum atomic E-state index is 14.7. The molecule has 0 spiro atoms. The first kappa shape index (κ1) is 36.3. The normalized spacial score (nSPS) is 36.2. The average Bonchev–Trinajstić information content (AvgIpc) is 3.51. The molecule has 6 aliphatic rings. The highest BCUT2D eigenvalue weighted by Gasteiger charge is 2.76. The number of hydrogen-bond acceptors (Lipinski definition) is 6. The topological polar surface area (TPSA) is 104 Å². The number of ether oxygens (including phenoxy) is 1. The Bertz CT molecular complexity index is 1490. The Morgan fingerprint density at radius 1 is 0.980 bits per heavy atom. The highest BCUT2D eigenvalue weighted by atomic mass is 16.6. The number of carbonyl (C=O) groups is 3. The van der Waals surface area contributed by atoms with Gasteiger partial charge in [-0.3, -0.25) is 14.4 Å². The molecule has 1 aromatic rings. The molecular formula is C42H61NO6. The summed E-state index contributed by atoms with van der Waals surface area (Å²) in [6.45, 7) is 12.9. The smallest absolute Gasteiger partial charge is 0.313 e. The summed E-state index contributed by atoms with van der Waals surface area (Å²) in [7, 11) is 0. The van der Waals surface area contributed by atoms with E-state index in [0.29, 0.717) is 51.5 Å². The van der Waals surface area contributed by atoms with E-state index < -0.39 is 33.6 Å². The number of esters is 1. The molecule has 0 radical (unpaired) electrons. The van der Waals surface area contributed by atoms with Crippen molar-refractivity contribution in [1.29, 1.82) is 0 Å². The van der Waals surface area contributed by atoms with Crippen molar-refractivity contribution in [3.05, 3.63) is 46.5 Å². The Kier molecular flexibility index (Phi) is 9.80. The van der Waals surface area contributed by atoms with Crippen LogP contribution in [0.2, 0.25) is 0 Å². The summed E-state index contributed by atoms with van der Waals surface area (Å²) in [5.41, 5.74) is -0.454. The lowest BCUT2D eigenvalue weighted by Gasteiger charge is -2.47. The number of fused-ring (bicyclic) bond motifs is 10. The number of ketones is 1. The van der Waals surface area contributed by atoms with Crippen molar-refractivity contribution in [3.8, 4) is 0 Å². The van der Waals surface area contributed by atoms with Crippen molar-refractivity contribution < 1.29 is 29.3 Å². The lowest BCUT2D eigenvalue weighted by molar-refractivity contribution is -0.177. The second-order valence-electron chi connectivity index (χ2n) is 17.5. The first-order chi connectivity index (χ1) is 23.1. The molecule has 0 aromatic heterocycles. The zero-order valence-electron chi connectivity index (χ0n) is 31.0. The van der Waals surface area contributed by atoms with E-state index in [1.54, 1.807) is 0 Å². The van der Waals surface area contributed by atoms with E-state index in [9.17, 15) is 24.6 Å². The summed E-state index contributed by atoms with van der Waals surface area (Å²) in [6, 6.07) is 6.26. The highest BCUT2D eigenvalue weighted by Crippen LogP contribution is 2.66. The predicted molar refractivity (Wildman–Crippen MR) is 191 cm³/mol. The fourth-order valence-corrected chi connectivity index (χ4v) is 10.6. The van der Waals surface area contributed by atoms with E-state index in [1.165, 1.54) is 12.0 Å². The molecule has 49 heavy (non-hydrogen) atoms. The fourth-order valence-electron chi connectivity index (χ4n) is 10.6. The van der Waals surface area contributed by atoms with Gasteiger partial charge in [0.25, 0.3) is 5.91 Å². The van der Waals surface area contributed by atoms with Gasteiger partial charge in [-0.05, 0) is 114 Å². The maximum Gasteiger partial charge on any atom is 0.313 e. The van der Waals surface area contributed by atoms with Crippen LogP contribution in [-0.2, 0) is 20.7 Å². The molecule has 1 saturated heterocycles. The van der Waals surface area contributed by atoms with Crippen LogP contribution in [0.5, 0.6) is 0 Å². The summed E-state index contributed by atoms with van der Waals surface area (Å²) in [5, 5.41) is 24.0. The van der Waals surface area contributed by atoms with Crippen molar-refractivity contribution in [1.82, 2.24) is 4.90 Å². The molecule has 1 aromatic carbocycles. The van der Waals surface area contributed by atoms with Crippen LogP contribution < -0.4 is 0 Å². The first-order valence-corrected chi connectivity index (χ1v) is 19.4. The minimum atomic E-state index is -1.23. The van der Waals surface area contributed by atoms with Gasteiger partial charge in [-0.15, -0.1) is 0 Å². The standard InChI is InChI=1S/C42H61NO6/c1-7-24-43(36(46)42-23-22-40(6,37(47)49-42)38(42,3)4)27-41(48)21-19-34-32-18-16-29(26-33(32)35(45)30-13-9-8-10-14-30)25-31(44)17-15-28(2)12-11-20-39(34,41)5/h12,16,18,26,30-31,34,44,48H,7-11,13-15,17,19-25,27H2,1-6H3/t31-,34-,39-,40-,41+,42+/m0/s1. The molecule has 1 amide bonds. The van der Waals surface area contributed by atoms with Gasteiger partial charge in [0.1, 0.15) is 0 Å². The molecule has 4 bridgehead atoms. The van der Waals surface area contributed by atoms with Gasteiger partial charge < -0.3 is 19.8 Å². The van der Waals surface area contributed by atoms with Gasteiger partial charge in [-0.25, -0.2) is 0 Å². The van der Waals surface area contributed by atoms with E-state index in [4.69, 9.17) is 4.74 Å². The molecule has 5 aliphatic carbocycles. The molecule has 7 heteroatoms. The van der Waals surface area contributed by atoms with Crippen LogP contribution in [0.4, 0.5) is 0 Å². The van der Waals surface area contributed by atoms with Crippen LogP contribution in [0.25, 0.3) is 0 Å². The van der Waals surface area contributed by atoms with Crippen molar-refractivity contribution in [2.24, 2.45) is 22.2 Å². The number of Topliss-reactive ketones (excluding diaryl/α,β-unsaturated/α-hetero) is 1. The quantitative estimate of drug-likeness (QED) is 0.173. The number of nitrogens with zero attached hydrogens (tertiary/aromatic N) is 1. The number of allylic oxidation sites excluding steroid dienone is 2. The van der Waals surface area contributed by atoms with Crippen LogP contribution in [0.3, 0.4) is 0 Å². The maximum absolute atomic E-state index is 14.7. The van der Waals surface area contributed by atoms with E-state index >= 15 is 0 Å². The fraction of sp³-hybridized carbons (Fsp3) is 0.738. The van der Waals surface area contributed by atoms with Gasteiger partial charge in [0.2, 0.25) is 0 Å². The molecule has 1 heterocycles. The van der Waals surface area contributed by atoms with Crippen molar-refractivity contribution >= 4 is 17.7 Å². The summed E-state index contributed by atoms with van der Waals surface area (Å²) in [5.74, 6) is -0.331. The third kappa shape index (κ3) is 5.83. The molecule has 270 valence electrons. The second-order valence-corrected chi connectivity index (χ2v) is 17.5. The third-order valence-electron chi connectivity index (χ3n) is 14.6. The predicted octanol–water partition coefficient (Wildman–Crippen LogP) is 7.85. The first-order valence-electron chi connectivity index (χ1n) is 19.4. The lowest BCUT2D eigenvalue weighted by Crippen LogP contribution is -2.60. The van der Waals surface area contributed by atoms with Gasteiger partial charge in [-0.2, -0.15) is 0 Å². The van der Waals surface area contributed by atoms with Crippen LogP contribution in [0.1, 0.15) is 159 Å². The Morgan fingerprint density at radius 3 is 2.37 bits per heavy atom. The largest absolute Gasteiger partial charge is 0.448 e. The number of hydrogen-bond donors (Lipinski definition) is 2. The SMILES string of the molecule is CCCN(C[C@]1(O)CC[C@H]2c3ccc(cc3C(=O)C3CCCCC3)C[C@@H](O)CCC(C)=CCC[C@@]21C)C(=O)[C@@]12CC[C@@](C)(C(=O)O1)C2(C)C. The van der Waals surface area contributed by atoms with Gasteiger partial charge in [0, 0.05) is 28.9 Å². The molecule has 4 fully saturated rings. The zero-order chi connectivity index (χ0) is 35.4. The molecule has 2 N–H and O–H groups in total. The van der Waals surface area contributed by atoms with Gasteiger partial charge in [0.15, 0.2) is 11.4 Å². The number of benzene rings is 1. The second kappa shape index (κ2) is 13.2. The van der Waals surface area contributed by atoms with E-state index in [-0.39, 0.29) is 36.0 Å². The molecular weight excluding hydrogens is 614 g/mol. The molecule has 7 nitrogen and oxygen atoms in total. The summed E-state index contributed by atoms with van der Waals surface area (Å²) >= 11 is 0. The summed E-state index contributed by atoms with van der Waals surface area (Å²) in [6.07, 6.45) is 13.4. The molecule has 6 atom stereocenters. The zero-order valence-corrected chi connectivity index (χ0v) is 31.0. The van der Waals surface area contributed by atoms with Gasteiger partial charge >= 0.3 is 5.97 Å². The van der Waals surface area contributed by atoms with Gasteiger partial charge in [-0.1, -0.05) is 70.7 Å². The lowest BCUT2D eigenvalue weighted by atomic mass is 9.64. The minimum Gasteiger partial charge on any atom is -0.448 e. The Morgan fingerprint density at radius 2 is 1.71 bits per heavy atom. The number of aliphatic hydroxyl groups is 2. The molecule has 7 rings (SSSR count). The summed E-state index contributed by atoms with van der Waals surface area (Å²) < 4.78 is 6.06. The third-order valence-corrected chi connectivity index (χ3v) is 14.6. The van der Waals surface area contributed by atoms with Crippen LogP contribution >= 0.6 is 0 Å². The van der Waals surface area contributed by atoms with E-state index in [1.807, 2.05) is 32.6 Å². The van der Waals surface area contributed by atoms with Crippen molar-refractivity contribution in [3.63, 3.8) is 0 Å². The Hall–Kier alpha value is -2.51. The van der Waals surface area contributed by atoms with Crippen LogP contribution in [0, 0.1) is 22.2 Å². The molecule has 0 unspecified atom stereocenters. The van der Waals surface area contributed by atoms with Gasteiger partial charge in [0.05, 0.1) is 23.7 Å². The minimum absolute atomic E-state index is 0.00943. The number of amides is 1. The number of carbonyl (C=O) groups excluding carboxylic acids is 3. The van der Waals surface area contributed by atoms with E-state index in [2.05, 4.69) is 38.1 Å². The summed E-state index contributed by atoms with van der Waals surface area (Å²) in [4.78, 5) is 44.1. The average molecular weight is 676 g/mol. The van der Waals surface area contributed by atoms with Crippen molar-refractivity contribution in [2.45, 2.75) is 161 Å². The number of aliphatic hydroxyl groups excluding tert-OH is 1. The Balaban J connectivity index is 1.40. The number of rotatable bonds is 7.